The van der Waals surface area contributed by atoms with Gasteiger partial charge in [0.25, 0.3) is 11.8 Å². The van der Waals surface area contributed by atoms with Gasteiger partial charge in [-0.05, 0) is 50.2 Å². The summed E-state index contributed by atoms with van der Waals surface area (Å²) >= 11 is 0. The summed E-state index contributed by atoms with van der Waals surface area (Å²) in [5, 5.41) is 18.3. The molecule has 4 rings (SSSR count). The number of hydrogen-bond donors (Lipinski definition) is 5. The van der Waals surface area contributed by atoms with E-state index in [1.165, 1.54) is 12.4 Å². The second kappa shape index (κ2) is 9.31. The average Bonchev–Trinajstić information content (AvgIpc) is 2.83. The van der Waals surface area contributed by atoms with Crippen LogP contribution in [0, 0.1) is 5.41 Å². The zero-order valence-electron chi connectivity index (χ0n) is 18.0. The highest BCUT2D eigenvalue weighted by molar-refractivity contribution is 6.07. The quantitative estimate of drug-likeness (QED) is 0.297. The highest BCUT2D eigenvalue weighted by atomic mass is 16.5. The van der Waals surface area contributed by atoms with Crippen LogP contribution in [0.1, 0.15) is 40.5 Å². The van der Waals surface area contributed by atoms with Gasteiger partial charge in [-0.15, -0.1) is 0 Å². The van der Waals surface area contributed by atoms with E-state index >= 15 is 0 Å². The lowest BCUT2D eigenvalue weighted by Gasteiger charge is -2.32. The predicted octanol–water partition coefficient (Wildman–Crippen LogP) is 2.33. The molecule has 1 fully saturated rings. The summed E-state index contributed by atoms with van der Waals surface area (Å²) in [4.78, 5) is 45.4. The molecule has 2 aromatic heterocycles. The number of pyridine rings is 2. The number of nitrogens with zero attached hydrogens (tertiary/aromatic N) is 2. The normalized spacial score (nSPS) is 15.0. The molecule has 0 atom stereocenters. The molecular weight excluding hydrogens is 424 g/mol. The Kier molecular flexibility index (Phi) is 6.29. The molecule has 1 aliphatic heterocycles. The van der Waals surface area contributed by atoms with Crippen LogP contribution < -0.4 is 21.4 Å². The molecule has 5 N–H and O–H groups in total. The largest absolute Gasteiger partial charge is 0.322 e. The summed E-state index contributed by atoms with van der Waals surface area (Å²) in [6.07, 6.45) is 4.33. The summed E-state index contributed by atoms with van der Waals surface area (Å²) < 4.78 is 0. The van der Waals surface area contributed by atoms with E-state index in [9.17, 15) is 14.4 Å². The van der Waals surface area contributed by atoms with Gasteiger partial charge in [-0.25, -0.2) is 10.5 Å². The van der Waals surface area contributed by atoms with Crippen molar-refractivity contribution in [2.75, 3.05) is 23.7 Å². The molecule has 10 heteroatoms. The zero-order chi connectivity index (χ0) is 23.4. The molecule has 0 aliphatic carbocycles. The minimum atomic E-state index is -0.666. The first kappa shape index (κ1) is 22.3. The van der Waals surface area contributed by atoms with Crippen LogP contribution in [-0.4, -0.2) is 46.0 Å². The minimum Gasteiger partial charge on any atom is -0.322 e. The van der Waals surface area contributed by atoms with Crippen LogP contribution in [0.4, 0.5) is 11.5 Å². The van der Waals surface area contributed by atoms with E-state index < -0.39 is 11.3 Å². The zero-order valence-corrected chi connectivity index (χ0v) is 18.0. The highest BCUT2D eigenvalue weighted by Gasteiger charge is 2.34. The molecule has 1 aromatic carbocycles. The van der Waals surface area contributed by atoms with Crippen LogP contribution in [-0.2, 0) is 4.79 Å². The third-order valence-corrected chi connectivity index (χ3v) is 5.82. The van der Waals surface area contributed by atoms with Crippen LogP contribution >= 0.6 is 0 Å². The Hall–Kier alpha value is -3.89. The molecule has 3 amide bonds. The highest BCUT2D eigenvalue weighted by Crippen LogP contribution is 2.29. The van der Waals surface area contributed by atoms with Crippen molar-refractivity contribution in [3.63, 3.8) is 0 Å². The molecule has 0 spiro atoms. The Balaban J connectivity index is 1.46. The van der Waals surface area contributed by atoms with E-state index in [1.807, 2.05) is 6.92 Å². The summed E-state index contributed by atoms with van der Waals surface area (Å²) in [5.74, 6) is -0.743. The number of benzene rings is 1. The van der Waals surface area contributed by atoms with Crippen LogP contribution in [0.5, 0.6) is 0 Å². The fraction of sp³-hybridized carbons (Fsp3) is 0.261. The van der Waals surface area contributed by atoms with E-state index in [4.69, 9.17) is 5.21 Å². The van der Waals surface area contributed by atoms with Crippen molar-refractivity contribution >= 4 is 40.1 Å². The van der Waals surface area contributed by atoms with Crippen molar-refractivity contribution in [1.29, 1.82) is 0 Å². The first-order valence-corrected chi connectivity index (χ1v) is 10.5. The Morgan fingerprint density at radius 3 is 2.52 bits per heavy atom. The van der Waals surface area contributed by atoms with E-state index in [1.54, 1.807) is 41.9 Å². The van der Waals surface area contributed by atoms with E-state index in [0.717, 1.165) is 25.9 Å². The molecule has 33 heavy (non-hydrogen) atoms. The Bertz CT molecular complexity index is 1220. The fourth-order valence-electron chi connectivity index (χ4n) is 3.70. The standard InChI is InChI=1S/C23H24N6O4/c1-23(5-8-24-9-6-23)22(32)28-19-12-17(4-7-25-19)27-20(30)15-3-2-14-10-16(21(31)29-33)13-26-18(14)11-15/h2-4,7,10-13,24,33H,5-6,8-9H2,1H3,(H,29,31)(H2,25,27,28,30,32). The van der Waals surface area contributed by atoms with Crippen LogP contribution in [0.15, 0.2) is 48.8 Å². The van der Waals surface area contributed by atoms with Crippen LogP contribution in [0.2, 0.25) is 0 Å². The molecule has 0 saturated carbocycles. The maximum Gasteiger partial charge on any atom is 0.276 e. The van der Waals surface area contributed by atoms with Crippen molar-refractivity contribution in [1.82, 2.24) is 20.8 Å². The molecule has 10 nitrogen and oxygen atoms in total. The Morgan fingerprint density at radius 1 is 0.970 bits per heavy atom. The Morgan fingerprint density at radius 2 is 1.76 bits per heavy atom. The summed E-state index contributed by atoms with van der Waals surface area (Å²) in [6.45, 7) is 3.54. The van der Waals surface area contributed by atoms with Crippen molar-refractivity contribution in [3.8, 4) is 0 Å². The number of aromatic nitrogens is 2. The van der Waals surface area contributed by atoms with Crippen molar-refractivity contribution in [2.45, 2.75) is 19.8 Å². The second-order valence-electron chi connectivity index (χ2n) is 8.22. The molecule has 1 aliphatic rings. The van der Waals surface area contributed by atoms with Crippen molar-refractivity contribution in [3.05, 3.63) is 59.9 Å². The Labute approximate surface area is 189 Å². The van der Waals surface area contributed by atoms with Gasteiger partial charge in [-0.3, -0.25) is 24.6 Å². The van der Waals surface area contributed by atoms with Gasteiger partial charge in [0.1, 0.15) is 5.82 Å². The molecular formula is C23H24N6O4. The molecule has 170 valence electrons. The topological polar surface area (TPSA) is 145 Å². The number of carbonyl (C=O) groups excluding carboxylic acids is 3. The number of anilines is 2. The van der Waals surface area contributed by atoms with E-state index in [2.05, 4.69) is 25.9 Å². The number of nitrogens with one attached hydrogen (secondary N) is 4. The number of carbonyl (C=O) groups is 3. The first-order chi connectivity index (χ1) is 15.9. The number of piperidine rings is 1. The van der Waals surface area contributed by atoms with Gasteiger partial charge in [0.15, 0.2) is 0 Å². The maximum atomic E-state index is 12.8. The van der Waals surface area contributed by atoms with Gasteiger partial charge in [0.05, 0.1) is 11.1 Å². The summed E-state index contributed by atoms with van der Waals surface area (Å²) in [7, 11) is 0. The average molecular weight is 448 g/mol. The number of rotatable bonds is 5. The SMILES string of the molecule is CC1(C(=O)Nc2cc(NC(=O)c3ccc4cc(C(=O)NO)cnc4c3)ccn2)CCNCC1. The van der Waals surface area contributed by atoms with Gasteiger partial charge in [0, 0.05) is 40.5 Å². The molecule has 0 unspecified atom stereocenters. The molecule has 0 bridgehead atoms. The third kappa shape index (κ3) is 4.97. The fourth-order valence-corrected chi connectivity index (χ4v) is 3.70. The molecule has 3 heterocycles. The monoisotopic (exact) mass is 448 g/mol. The first-order valence-electron chi connectivity index (χ1n) is 10.5. The van der Waals surface area contributed by atoms with Crippen molar-refractivity contribution in [2.24, 2.45) is 5.41 Å². The summed E-state index contributed by atoms with van der Waals surface area (Å²) in [5.41, 5.74) is 2.69. The molecule has 3 aromatic rings. The minimum absolute atomic E-state index is 0.0881. The number of amides is 3. The molecule has 0 radical (unpaired) electrons. The smallest absolute Gasteiger partial charge is 0.276 e. The second-order valence-corrected chi connectivity index (χ2v) is 8.22. The van der Waals surface area contributed by atoms with E-state index in [0.29, 0.717) is 28.0 Å². The third-order valence-electron chi connectivity index (χ3n) is 5.82. The lowest BCUT2D eigenvalue weighted by Crippen LogP contribution is -2.42. The number of hydrogen-bond acceptors (Lipinski definition) is 7. The van der Waals surface area contributed by atoms with Gasteiger partial charge < -0.3 is 16.0 Å². The van der Waals surface area contributed by atoms with Gasteiger partial charge >= 0.3 is 0 Å². The van der Waals surface area contributed by atoms with Crippen molar-refractivity contribution < 1.29 is 19.6 Å². The van der Waals surface area contributed by atoms with Gasteiger partial charge in [0.2, 0.25) is 5.91 Å². The predicted molar refractivity (Wildman–Crippen MR) is 122 cm³/mol. The number of fused-ring (bicyclic) bond motifs is 1. The van der Waals surface area contributed by atoms with Crippen LogP contribution in [0.25, 0.3) is 10.9 Å². The van der Waals surface area contributed by atoms with Gasteiger partial charge in [-0.1, -0.05) is 13.0 Å². The number of hydroxylamine groups is 1. The molecule has 1 saturated heterocycles. The maximum absolute atomic E-state index is 12.8. The lowest BCUT2D eigenvalue weighted by molar-refractivity contribution is -0.126. The lowest BCUT2D eigenvalue weighted by atomic mass is 9.80. The van der Waals surface area contributed by atoms with E-state index in [-0.39, 0.29) is 17.4 Å². The summed E-state index contributed by atoms with van der Waals surface area (Å²) in [6, 6.07) is 9.70. The van der Waals surface area contributed by atoms with Crippen LogP contribution in [0.3, 0.4) is 0 Å². The van der Waals surface area contributed by atoms with Gasteiger partial charge in [-0.2, -0.15) is 0 Å².